The molecule has 2 heterocycles. The minimum atomic E-state index is 0.245. The zero-order valence-electron chi connectivity index (χ0n) is 14.9. The third-order valence-electron chi connectivity index (χ3n) is 5.37. The maximum absolute atomic E-state index is 12.7. The smallest absolute Gasteiger partial charge is 0.236 e. The Kier molecular flexibility index (Phi) is 5.14. The van der Waals surface area contributed by atoms with Crippen molar-refractivity contribution >= 4 is 23.2 Å². The molecular formula is C21H24ClN3O. The van der Waals surface area contributed by atoms with Crippen molar-refractivity contribution in [1.29, 1.82) is 0 Å². The molecule has 0 aromatic heterocycles. The number of hydrogen-bond donors (Lipinski definition) is 0. The molecule has 26 heavy (non-hydrogen) atoms. The van der Waals surface area contributed by atoms with Gasteiger partial charge in [0.05, 0.1) is 6.54 Å². The Balaban J connectivity index is 1.30. The van der Waals surface area contributed by atoms with Crippen molar-refractivity contribution in [3.63, 3.8) is 0 Å². The fraction of sp³-hybridized carbons (Fsp3) is 0.381. The Bertz CT molecular complexity index is 786. The highest BCUT2D eigenvalue weighted by molar-refractivity contribution is 6.30. The molecule has 2 aliphatic rings. The van der Waals surface area contributed by atoms with Gasteiger partial charge in [0, 0.05) is 50.0 Å². The summed E-state index contributed by atoms with van der Waals surface area (Å²) in [5.74, 6) is 0.245. The maximum atomic E-state index is 12.7. The van der Waals surface area contributed by atoms with Crippen LogP contribution in [-0.2, 0) is 17.8 Å². The number of benzene rings is 2. The van der Waals surface area contributed by atoms with Gasteiger partial charge in [0.15, 0.2) is 0 Å². The van der Waals surface area contributed by atoms with E-state index < -0.39 is 0 Å². The van der Waals surface area contributed by atoms with Crippen LogP contribution >= 0.6 is 11.6 Å². The molecular weight excluding hydrogens is 346 g/mol. The van der Waals surface area contributed by atoms with Gasteiger partial charge in [0.1, 0.15) is 0 Å². The molecule has 0 unspecified atom stereocenters. The van der Waals surface area contributed by atoms with Gasteiger partial charge in [-0.2, -0.15) is 0 Å². The minimum Gasteiger partial charge on any atom is -0.368 e. The van der Waals surface area contributed by atoms with E-state index in [2.05, 4.69) is 40.1 Å². The van der Waals surface area contributed by atoms with Crippen LogP contribution in [0.4, 0.5) is 5.69 Å². The number of amides is 1. The maximum Gasteiger partial charge on any atom is 0.236 e. The van der Waals surface area contributed by atoms with Gasteiger partial charge in [-0.05, 0) is 35.7 Å². The van der Waals surface area contributed by atoms with Crippen molar-refractivity contribution in [2.75, 3.05) is 44.2 Å². The van der Waals surface area contributed by atoms with Crippen molar-refractivity contribution in [1.82, 2.24) is 9.80 Å². The van der Waals surface area contributed by atoms with Crippen LogP contribution in [0.3, 0.4) is 0 Å². The number of carbonyl (C=O) groups excluding carboxylic acids is 1. The molecule has 1 amide bonds. The van der Waals surface area contributed by atoms with E-state index in [1.165, 1.54) is 11.1 Å². The highest BCUT2D eigenvalue weighted by Crippen LogP contribution is 2.21. The second-order valence-electron chi connectivity index (χ2n) is 7.08. The summed E-state index contributed by atoms with van der Waals surface area (Å²) in [7, 11) is 0. The second kappa shape index (κ2) is 7.68. The summed E-state index contributed by atoms with van der Waals surface area (Å²) in [6.45, 7) is 5.62. The first-order valence-corrected chi connectivity index (χ1v) is 9.64. The van der Waals surface area contributed by atoms with E-state index in [1.807, 2.05) is 23.1 Å². The number of piperazine rings is 1. The van der Waals surface area contributed by atoms with Gasteiger partial charge >= 0.3 is 0 Å². The average molecular weight is 370 g/mol. The summed E-state index contributed by atoms with van der Waals surface area (Å²) >= 11 is 6.09. The molecule has 2 aromatic carbocycles. The van der Waals surface area contributed by atoms with Gasteiger partial charge in [0.2, 0.25) is 5.91 Å². The highest BCUT2D eigenvalue weighted by Gasteiger charge is 2.24. The Morgan fingerprint density at radius 1 is 0.923 bits per heavy atom. The summed E-state index contributed by atoms with van der Waals surface area (Å²) in [6, 6.07) is 16.5. The van der Waals surface area contributed by atoms with Crippen molar-refractivity contribution in [2.45, 2.75) is 13.0 Å². The monoisotopic (exact) mass is 369 g/mol. The van der Waals surface area contributed by atoms with Crippen molar-refractivity contribution < 1.29 is 4.79 Å². The summed E-state index contributed by atoms with van der Waals surface area (Å²) in [5.41, 5.74) is 3.92. The molecule has 2 aromatic rings. The van der Waals surface area contributed by atoms with Gasteiger partial charge in [-0.3, -0.25) is 9.69 Å². The molecule has 2 aliphatic heterocycles. The standard InChI is InChI=1S/C21H24ClN3O/c22-19-6-3-7-20(14-19)24-10-12-25(13-11-24)21(26)16-23-9-8-17-4-1-2-5-18(17)15-23/h1-7,14H,8-13,15-16H2. The molecule has 0 spiro atoms. The molecule has 0 bridgehead atoms. The third-order valence-corrected chi connectivity index (χ3v) is 5.61. The topological polar surface area (TPSA) is 26.8 Å². The number of anilines is 1. The third kappa shape index (κ3) is 3.87. The first-order chi connectivity index (χ1) is 12.7. The predicted molar refractivity (Wildman–Crippen MR) is 106 cm³/mol. The fourth-order valence-electron chi connectivity index (χ4n) is 3.87. The van der Waals surface area contributed by atoms with E-state index in [-0.39, 0.29) is 5.91 Å². The minimum absolute atomic E-state index is 0.245. The molecule has 4 nitrogen and oxygen atoms in total. The average Bonchev–Trinajstić information content (AvgIpc) is 2.68. The lowest BCUT2D eigenvalue weighted by atomic mass is 10.00. The van der Waals surface area contributed by atoms with Crippen LogP contribution in [0.5, 0.6) is 0 Å². The summed E-state index contributed by atoms with van der Waals surface area (Å²) in [5, 5.41) is 0.756. The van der Waals surface area contributed by atoms with E-state index in [0.29, 0.717) is 6.54 Å². The second-order valence-corrected chi connectivity index (χ2v) is 7.51. The molecule has 0 radical (unpaired) electrons. The van der Waals surface area contributed by atoms with Crippen molar-refractivity contribution in [3.8, 4) is 0 Å². The van der Waals surface area contributed by atoms with E-state index in [9.17, 15) is 4.79 Å². The van der Waals surface area contributed by atoms with Crippen LogP contribution in [0, 0.1) is 0 Å². The van der Waals surface area contributed by atoms with Gasteiger partial charge in [-0.15, -0.1) is 0 Å². The lowest BCUT2D eigenvalue weighted by molar-refractivity contribution is -0.132. The molecule has 0 aliphatic carbocycles. The zero-order valence-corrected chi connectivity index (χ0v) is 15.7. The van der Waals surface area contributed by atoms with E-state index in [0.717, 1.165) is 56.4 Å². The summed E-state index contributed by atoms with van der Waals surface area (Å²) in [6.07, 6.45) is 1.03. The van der Waals surface area contributed by atoms with Crippen LogP contribution in [0.1, 0.15) is 11.1 Å². The van der Waals surface area contributed by atoms with Gasteiger partial charge in [-0.25, -0.2) is 0 Å². The Hall–Kier alpha value is -2.04. The molecule has 136 valence electrons. The van der Waals surface area contributed by atoms with Crippen LogP contribution in [0.2, 0.25) is 5.02 Å². The van der Waals surface area contributed by atoms with Crippen molar-refractivity contribution in [3.05, 3.63) is 64.7 Å². The number of carbonyl (C=O) groups is 1. The number of hydrogen-bond acceptors (Lipinski definition) is 3. The summed E-state index contributed by atoms with van der Waals surface area (Å²) in [4.78, 5) is 19.3. The summed E-state index contributed by atoms with van der Waals surface area (Å²) < 4.78 is 0. The van der Waals surface area contributed by atoms with Gasteiger partial charge in [0.25, 0.3) is 0 Å². The Labute approximate surface area is 160 Å². The first kappa shape index (κ1) is 17.4. The normalized spacial score (nSPS) is 17.9. The number of nitrogens with zero attached hydrogens (tertiary/aromatic N) is 3. The fourth-order valence-corrected chi connectivity index (χ4v) is 4.05. The molecule has 1 saturated heterocycles. The van der Waals surface area contributed by atoms with Crippen LogP contribution in [0.15, 0.2) is 48.5 Å². The van der Waals surface area contributed by atoms with Gasteiger partial charge in [-0.1, -0.05) is 41.9 Å². The lowest BCUT2D eigenvalue weighted by Gasteiger charge is -2.37. The largest absolute Gasteiger partial charge is 0.368 e. The number of halogens is 1. The quantitative estimate of drug-likeness (QED) is 0.832. The molecule has 0 saturated carbocycles. The van der Waals surface area contributed by atoms with E-state index in [1.54, 1.807) is 0 Å². The molecule has 4 rings (SSSR count). The molecule has 1 fully saturated rings. The SMILES string of the molecule is O=C(CN1CCc2ccccc2C1)N1CCN(c2cccc(Cl)c2)CC1. The molecule has 5 heteroatoms. The Morgan fingerprint density at radius 3 is 2.46 bits per heavy atom. The Morgan fingerprint density at radius 2 is 1.69 bits per heavy atom. The first-order valence-electron chi connectivity index (χ1n) is 9.26. The lowest BCUT2D eigenvalue weighted by Crippen LogP contribution is -2.51. The van der Waals surface area contributed by atoms with E-state index in [4.69, 9.17) is 11.6 Å². The zero-order chi connectivity index (χ0) is 17.9. The van der Waals surface area contributed by atoms with Crippen molar-refractivity contribution in [2.24, 2.45) is 0 Å². The predicted octanol–water partition coefficient (Wildman–Crippen LogP) is 3.05. The molecule has 0 N–H and O–H groups in total. The van der Waals surface area contributed by atoms with E-state index >= 15 is 0 Å². The van der Waals surface area contributed by atoms with Gasteiger partial charge < -0.3 is 9.80 Å². The number of fused-ring (bicyclic) bond motifs is 1. The highest BCUT2D eigenvalue weighted by atomic mass is 35.5. The molecule has 0 atom stereocenters. The van der Waals surface area contributed by atoms with Crippen LogP contribution in [0.25, 0.3) is 0 Å². The van der Waals surface area contributed by atoms with Crippen LogP contribution < -0.4 is 4.90 Å². The number of rotatable bonds is 3. The van der Waals surface area contributed by atoms with Crippen LogP contribution in [-0.4, -0.2) is 55.0 Å².